The molecule has 0 saturated carbocycles. The van der Waals surface area contributed by atoms with Gasteiger partial charge in [-0.25, -0.2) is 4.39 Å². The van der Waals surface area contributed by atoms with Crippen molar-refractivity contribution in [3.05, 3.63) is 54.6 Å². The van der Waals surface area contributed by atoms with E-state index in [4.69, 9.17) is 4.74 Å². The number of ether oxygens (including phenoxy) is 1. The summed E-state index contributed by atoms with van der Waals surface area (Å²) >= 11 is 1.30. The second kappa shape index (κ2) is 9.95. The Balaban J connectivity index is 1.69. The molecule has 3 rings (SSSR count). The molecule has 0 aliphatic heterocycles. The lowest BCUT2D eigenvalue weighted by molar-refractivity contribution is -0.113. The van der Waals surface area contributed by atoms with Crippen LogP contribution in [0.4, 0.5) is 10.1 Å². The van der Waals surface area contributed by atoms with Gasteiger partial charge in [-0.3, -0.25) is 9.78 Å². The van der Waals surface area contributed by atoms with Gasteiger partial charge in [-0.15, -0.1) is 10.2 Å². The highest BCUT2D eigenvalue weighted by Gasteiger charge is 2.15. The molecule has 9 heteroatoms. The number of nitrogens with zero attached hydrogens (tertiary/aromatic N) is 4. The second-order valence-electron chi connectivity index (χ2n) is 5.88. The van der Waals surface area contributed by atoms with Crippen LogP contribution >= 0.6 is 11.8 Å². The maximum absolute atomic E-state index is 13.0. The average molecular weight is 401 g/mol. The molecule has 1 aromatic carbocycles. The van der Waals surface area contributed by atoms with E-state index in [0.29, 0.717) is 24.0 Å². The first kappa shape index (κ1) is 20.0. The molecule has 28 heavy (non-hydrogen) atoms. The van der Waals surface area contributed by atoms with Gasteiger partial charge in [0.2, 0.25) is 5.91 Å². The van der Waals surface area contributed by atoms with Crippen LogP contribution in [0.1, 0.15) is 6.42 Å². The number of hydrogen-bond donors (Lipinski definition) is 1. The molecule has 0 unspecified atom stereocenters. The van der Waals surface area contributed by atoms with Crippen LogP contribution in [0.5, 0.6) is 0 Å². The molecule has 0 aliphatic carbocycles. The van der Waals surface area contributed by atoms with Crippen molar-refractivity contribution >= 4 is 23.4 Å². The van der Waals surface area contributed by atoms with E-state index in [2.05, 4.69) is 20.5 Å². The first-order valence-electron chi connectivity index (χ1n) is 8.68. The number of carbonyl (C=O) groups excluding carboxylic acids is 1. The van der Waals surface area contributed by atoms with Crippen LogP contribution in [0.3, 0.4) is 0 Å². The summed E-state index contributed by atoms with van der Waals surface area (Å²) in [6.45, 7) is 1.28. The third kappa shape index (κ3) is 5.37. The van der Waals surface area contributed by atoms with E-state index in [1.165, 1.54) is 36.0 Å². The fourth-order valence-corrected chi connectivity index (χ4v) is 3.30. The third-order valence-corrected chi connectivity index (χ3v) is 4.81. The van der Waals surface area contributed by atoms with Crippen molar-refractivity contribution in [1.82, 2.24) is 19.7 Å². The van der Waals surface area contributed by atoms with Crippen LogP contribution in [0.25, 0.3) is 11.4 Å². The van der Waals surface area contributed by atoms with Gasteiger partial charge in [0, 0.05) is 43.9 Å². The van der Waals surface area contributed by atoms with Crippen molar-refractivity contribution in [3.63, 3.8) is 0 Å². The zero-order chi connectivity index (χ0) is 19.8. The van der Waals surface area contributed by atoms with E-state index in [-0.39, 0.29) is 17.5 Å². The van der Waals surface area contributed by atoms with Crippen molar-refractivity contribution in [2.75, 3.05) is 24.8 Å². The van der Waals surface area contributed by atoms with Crippen molar-refractivity contribution in [3.8, 4) is 11.4 Å². The maximum Gasteiger partial charge on any atom is 0.234 e. The van der Waals surface area contributed by atoms with Crippen molar-refractivity contribution < 1.29 is 13.9 Å². The SMILES string of the molecule is COCCCn1c(SCC(=O)Nc2ccc(F)cc2)nnc1-c1ccncc1. The Morgan fingerprint density at radius 2 is 1.93 bits per heavy atom. The fraction of sp³-hybridized carbons (Fsp3) is 0.263. The Bertz CT molecular complexity index is 902. The Hall–Kier alpha value is -2.78. The predicted molar refractivity (Wildman–Crippen MR) is 105 cm³/mol. The molecule has 7 nitrogen and oxygen atoms in total. The van der Waals surface area contributed by atoms with Gasteiger partial charge in [0.25, 0.3) is 0 Å². The first-order chi connectivity index (χ1) is 13.7. The van der Waals surface area contributed by atoms with Crippen LogP contribution in [0, 0.1) is 5.82 Å². The number of rotatable bonds is 9. The van der Waals surface area contributed by atoms with Gasteiger partial charge in [-0.1, -0.05) is 11.8 Å². The molecule has 0 radical (unpaired) electrons. The largest absolute Gasteiger partial charge is 0.385 e. The Morgan fingerprint density at radius 1 is 1.18 bits per heavy atom. The van der Waals surface area contributed by atoms with E-state index in [1.54, 1.807) is 19.5 Å². The zero-order valence-corrected chi connectivity index (χ0v) is 16.2. The van der Waals surface area contributed by atoms with Gasteiger partial charge in [0.1, 0.15) is 5.82 Å². The molecule has 0 fully saturated rings. The van der Waals surface area contributed by atoms with E-state index in [1.807, 2.05) is 16.7 Å². The molecular weight excluding hydrogens is 381 g/mol. The number of anilines is 1. The zero-order valence-electron chi connectivity index (χ0n) is 15.3. The minimum absolute atomic E-state index is 0.163. The normalized spacial score (nSPS) is 10.8. The molecule has 0 aliphatic rings. The van der Waals surface area contributed by atoms with Crippen LogP contribution in [-0.2, 0) is 16.1 Å². The number of amides is 1. The highest BCUT2D eigenvalue weighted by molar-refractivity contribution is 7.99. The Kier molecular flexibility index (Phi) is 7.10. The number of benzene rings is 1. The lowest BCUT2D eigenvalue weighted by Crippen LogP contribution is -2.15. The topological polar surface area (TPSA) is 81.9 Å². The molecule has 146 valence electrons. The number of pyridine rings is 1. The summed E-state index contributed by atoms with van der Waals surface area (Å²) in [4.78, 5) is 16.2. The standard InChI is InChI=1S/C19H20FN5O2S/c1-27-12-2-11-25-18(14-7-9-21-10-8-14)23-24-19(25)28-13-17(26)22-16-5-3-15(20)4-6-16/h3-10H,2,11-13H2,1H3,(H,22,26). The molecule has 3 aromatic rings. The Morgan fingerprint density at radius 3 is 2.64 bits per heavy atom. The molecule has 2 aromatic heterocycles. The summed E-state index contributed by atoms with van der Waals surface area (Å²) < 4.78 is 20.1. The fourth-order valence-electron chi connectivity index (χ4n) is 2.54. The van der Waals surface area contributed by atoms with Gasteiger partial charge in [0.15, 0.2) is 11.0 Å². The van der Waals surface area contributed by atoms with Crippen LogP contribution in [0.2, 0.25) is 0 Å². The van der Waals surface area contributed by atoms with Crippen molar-refractivity contribution in [2.24, 2.45) is 0 Å². The van der Waals surface area contributed by atoms with Gasteiger partial charge in [-0.05, 0) is 42.8 Å². The monoisotopic (exact) mass is 401 g/mol. The predicted octanol–water partition coefficient (Wildman–Crippen LogP) is 3.25. The summed E-state index contributed by atoms with van der Waals surface area (Å²) in [6, 6.07) is 9.38. The summed E-state index contributed by atoms with van der Waals surface area (Å²) in [7, 11) is 1.66. The number of nitrogens with one attached hydrogen (secondary N) is 1. The summed E-state index contributed by atoms with van der Waals surface area (Å²) in [6.07, 6.45) is 4.20. The molecule has 0 atom stereocenters. The molecule has 0 spiro atoms. The average Bonchev–Trinajstić information content (AvgIpc) is 3.12. The number of carbonyl (C=O) groups is 1. The first-order valence-corrected chi connectivity index (χ1v) is 9.66. The smallest absolute Gasteiger partial charge is 0.234 e. The van der Waals surface area contributed by atoms with Crippen molar-refractivity contribution in [1.29, 1.82) is 0 Å². The molecule has 1 amide bonds. The van der Waals surface area contributed by atoms with Gasteiger partial charge >= 0.3 is 0 Å². The number of halogens is 1. The van der Waals surface area contributed by atoms with E-state index in [9.17, 15) is 9.18 Å². The lowest BCUT2D eigenvalue weighted by atomic mass is 10.2. The highest BCUT2D eigenvalue weighted by atomic mass is 32.2. The van der Waals surface area contributed by atoms with E-state index < -0.39 is 0 Å². The minimum Gasteiger partial charge on any atom is -0.385 e. The number of aromatic nitrogens is 4. The summed E-state index contributed by atoms with van der Waals surface area (Å²) in [5.74, 6) is 0.337. The molecule has 0 bridgehead atoms. The van der Waals surface area contributed by atoms with Crippen LogP contribution < -0.4 is 5.32 Å². The number of methoxy groups -OCH3 is 1. The molecule has 0 saturated heterocycles. The minimum atomic E-state index is -0.347. The lowest BCUT2D eigenvalue weighted by Gasteiger charge is -2.10. The second-order valence-corrected chi connectivity index (χ2v) is 6.83. The quantitative estimate of drug-likeness (QED) is 0.438. The molecule has 2 heterocycles. The molecular formula is C19H20FN5O2S. The van der Waals surface area contributed by atoms with Crippen LogP contribution in [0.15, 0.2) is 53.9 Å². The van der Waals surface area contributed by atoms with Gasteiger partial charge in [-0.2, -0.15) is 0 Å². The third-order valence-electron chi connectivity index (χ3n) is 3.85. The Labute approximate surface area is 166 Å². The highest BCUT2D eigenvalue weighted by Crippen LogP contribution is 2.24. The van der Waals surface area contributed by atoms with Gasteiger partial charge in [0.05, 0.1) is 5.75 Å². The number of hydrogen-bond acceptors (Lipinski definition) is 6. The van der Waals surface area contributed by atoms with Crippen LogP contribution in [-0.4, -0.2) is 45.1 Å². The van der Waals surface area contributed by atoms with Gasteiger partial charge < -0.3 is 14.6 Å². The van der Waals surface area contributed by atoms with E-state index in [0.717, 1.165) is 17.8 Å². The van der Waals surface area contributed by atoms with Crippen molar-refractivity contribution in [2.45, 2.75) is 18.1 Å². The summed E-state index contributed by atoms with van der Waals surface area (Å²) in [5, 5.41) is 11.9. The number of thioether (sulfide) groups is 1. The molecule has 1 N–H and O–H groups in total. The summed E-state index contributed by atoms with van der Waals surface area (Å²) in [5.41, 5.74) is 1.45. The van der Waals surface area contributed by atoms with E-state index >= 15 is 0 Å². The maximum atomic E-state index is 13.0.